The van der Waals surface area contributed by atoms with E-state index >= 15 is 0 Å². The summed E-state index contributed by atoms with van der Waals surface area (Å²) in [6, 6.07) is 7.76. The van der Waals surface area contributed by atoms with Gasteiger partial charge in [-0.05, 0) is 37.5 Å². The summed E-state index contributed by atoms with van der Waals surface area (Å²) in [4.78, 5) is 25.3. The number of rotatable bonds is 7. The lowest BCUT2D eigenvalue weighted by Crippen LogP contribution is -2.32. The maximum atomic E-state index is 11.7. The summed E-state index contributed by atoms with van der Waals surface area (Å²) in [5.74, 6) is -0.547. The topological polar surface area (TPSA) is 55.8 Å². The van der Waals surface area contributed by atoms with Crippen molar-refractivity contribution in [3.63, 3.8) is 0 Å². The zero-order valence-corrected chi connectivity index (χ0v) is 12.5. The van der Waals surface area contributed by atoms with Crippen LogP contribution in [0.5, 0.6) is 0 Å². The Labute approximate surface area is 124 Å². The Hall–Kier alpha value is -1.88. The van der Waals surface area contributed by atoms with Crippen molar-refractivity contribution >= 4 is 11.9 Å². The molecule has 2 rings (SSSR count). The molecule has 0 atom stereocenters. The molecular formula is C16H21NO4. The largest absolute Gasteiger partial charge is 0.465 e. The number of benzene rings is 1. The Balaban J connectivity index is 2.03. The molecule has 1 aliphatic carbocycles. The molecular weight excluding hydrogens is 270 g/mol. The van der Waals surface area contributed by atoms with Crippen molar-refractivity contribution < 1.29 is 19.1 Å². The summed E-state index contributed by atoms with van der Waals surface area (Å²) in [6.45, 7) is 3.13. The first kappa shape index (κ1) is 15.5. The van der Waals surface area contributed by atoms with Gasteiger partial charge in [0.25, 0.3) is 0 Å². The van der Waals surface area contributed by atoms with Gasteiger partial charge < -0.3 is 9.47 Å². The normalized spacial score (nSPS) is 14.0. The molecule has 0 amide bonds. The highest BCUT2D eigenvalue weighted by molar-refractivity contribution is 5.89. The van der Waals surface area contributed by atoms with E-state index in [2.05, 4.69) is 4.90 Å². The van der Waals surface area contributed by atoms with Gasteiger partial charge in [0.05, 0.1) is 25.8 Å². The molecule has 1 aromatic carbocycles. The molecule has 0 N–H and O–H groups in total. The summed E-state index contributed by atoms with van der Waals surface area (Å²) < 4.78 is 9.74. The second kappa shape index (κ2) is 7.22. The molecule has 0 aromatic heterocycles. The maximum Gasteiger partial charge on any atom is 0.337 e. The van der Waals surface area contributed by atoms with Gasteiger partial charge in [-0.1, -0.05) is 12.1 Å². The number of methoxy groups -OCH3 is 1. The predicted octanol–water partition coefficient (Wildman–Crippen LogP) is 2.00. The molecule has 5 nitrogen and oxygen atoms in total. The molecule has 0 heterocycles. The van der Waals surface area contributed by atoms with Gasteiger partial charge in [0, 0.05) is 12.6 Å². The third kappa shape index (κ3) is 4.56. The monoisotopic (exact) mass is 291 g/mol. The minimum atomic E-state index is -0.347. The van der Waals surface area contributed by atoms with Crippen LogP contribution in [0.2, 0.25) is 0 Å². The maximum absolute atomic E-state index is 11.7. The van der Waals surface area contributed by atoms with E-state index < -0.39 is 0 Å². The molecule has 1 fully saturated rings. The highest BCUT2D eigenvalue weighted by atomic mass is 16.5. The summed E-state index contributed by atoms with van der Waals surface area (Å²) in [5, 5.41) is 0. The third-order valence-corrected chi connectivity index (χ3v) is 3.43. The average molecular weight is 291 g/mol. The van der Waals surface area contributed by atoms with Gasteiger partial charge in [-0.2, -0.15) is 0 Å². The van der Waals surface area contributed by atoms with Crippen LogP contribution >= 0.6 is 0 Å². The fraction of sp³-hybridized carbons (Fsp3) is 0.500. The standard InChI is InChI=1S/C16H21NO4/c1-3-21-15(18)11-17(14-7-8-14)10-12-5-4-6-13(9-12)16(19)20-2/h4-6,9,14H,3,7-8,10-11H2,1-2H3. The van der Waals surface area contributed by atoms with Crippen molar-refractivity contribution in [2.75, 3.05) is 20.3 Å². The lowest BCUT2D eigenvalue weighted by atomic mass is 10.1. The minimum absolute atomic E-state index is 0.200. The Morgan fingerprint density at radius 2 is 2.10 bits per heavy atom. The van der Waals surface area contributed by atoms with Gasteiger partial charge >= 0.3 is 11.9 Å². The van der Waals surface area contributed by atoms with E-state index in [0.717, 1.165) is 18.4 Å². The molecule has 0 aliphatic heterocycles. The van der Waals surface area contributed by atoms with Crippen LogP contribution in [-0.4, -0.2) is 43.1 Å². The number of carbonyl (C=O) groups excluding carboxylic acids is 2. The van der Waals surface area contributed by atoms with E-state index in [0.29, 0.717) is 31.3 Å². The SMILES string of the molecule is CCOC(=O)CN(Cc1cccc(C(=O)OC)c1)C1CC1. The molecule has 0 bridgehead atoms. The highest BCUT2D eigenvalue weighted by Crippen LogP contribution is 2.28. The number of hydrogen-bond acceptors (Lipinski definition) is 5. The number of nitrogens with zero attached hydrogens (tertiary/aromatic N) is 1. The van der Waals surface area contributed by atoms with Crippen LogP contribution in [0.4, 0.5) is 0 Å². The van der Waals surface area contributed by atoms with Gasteiger partial charge in [0.15, 0.2) is 0 Å². The van der Waals surface area contributed by atoms with Gasteiger partial charge in [0.1, 0.15) is 0 Å². The molecule has 21 heavy (non-hydrogen) atoms. The van der Waals surface area contributed by atoms with Gasteiger partial charge in [-0.3, -0.25) is 9.69 Å². The van der Waals surface area contributed by atoms with E-state index in [-0.39, 0.29) is 11.9 Å². The van der Waals surface area contributed by atoms with Crippen molar-refractivity contribution in [3.05, 3.63) is 35.4 Å². The Morgan fingerprint density at radius 1 is 1.33 bits per heavy atom. The van der Waals surface area contributed by atoms with Gasteiger partial charge in [-0.25, -0.2) is 4.79 Å². The van der Waals surface area contributed by atoms with Crippen LogP contribution in [0.15, 0.2) is 24.3 Å². The van der Waals surface area contributed by atoms with Crippen LogP contribution in [-0.2, 0) is 20.8 Å². The third-order valence-electron chi connectivity index (χ3n) is 3.43. The van der Waals surface area contributed by atoms with E-state index in [9.17, 15) is 9.59 Å². The predicted molar refractivity (Wildman–Crippen MR) is 77.8 cm³/mol. The first-order valence-corrected chi connectivity index (χ1v) is 7.21. The van der Waals surface area contributed by atoms with Crippen molar-refractivity contribution in [2.45, 2.75) is 32.4 Å². The van der Waals surface area contributed by atoms with E-state index in [1.54, 1.807) is 13.0 Å². The quantitative estimate of drug-likeness (QED) is 0.719. The second-order valence-corrected chi connectivity index (χ2v) is 5.13. The van der Waals surface area contributed by atoms with Crippen molar-refractivity contribution in [1.29, 1.82) is 0 Å². The summed E-state index contributed by atoms with van der Waals surface area (Å²) in [7, 11) is 1.37. The first-order valence-electron chi connectivity index (χ1n) is 7.21. The van der Waals surface area contributed by atoms with Crippen LogP contribution in [0.1, 0.15) is 35.7 Å². The van der Waals surface area contributed by atoms with Gasteiger partial charge in [0.2, 0.25) is 0 Å². The van der Waals surface area contributed by atoms with Gasteiger partial charge in [-0.15, -0.1) is 0 Å². The molecule has 5 heteroatoms. The summed E-state index contributed by atoms with van der Waals surface area (Å²) >= 11 is 0. The minimum Gasteiger partial charge on any atom is -0.465 e. The van der Waals surface area contributed by atoms with Crippen molar-refractivity contribution in [2.24, 2.45) is 0 Å². The lowest BCUT2D eigenvalue weighted by molar-refractivity contribution is -0.144. The Bertz CT molecular complexity index is 511. The second-order valence-electron chi connectivity index (χ2n) is 5.13. The molecule has 1 aromatic rings. The molecule has 0 saturated heterocycles. The zero-order valence-electron chi connectivity index (χ0n) is 12.5. The summed E-state index contributed by atoms with van der Waals surface area (Å²) in [5.41, 5.74) is 1.52. The molecule has 0 radical (unpaired) electrons. The number of esters is 2. The Morgan fingerprint density at radius 3 is 2.71 bits per heavy atom. The molecule has 1 aliphatic rings. The lowest BCUT2D eigenvalue weighted by Gasteiger charge is -2.21. The van der Waals surface area contributed by atoms with Crippen LogP contribution in [0, 0.1) is 0 Å². The number of hydrogen-bond donors (Lipinski definition) is 0. The van der Waals surface area contributed by atoms with E-state index in [1.807, 2.05) is 18.2 Å². The van der Waals surface area contributed by atoms with Crippen LogP contribution < -0.4 is 0 Å². The van der Waals surface area contributed by atoms with Crippen LogP contribution in [0.3, 0.4) is 0 Å². The Kier molecular flexibility index (Phi) is 5.33. The number of ether oxygens (including phenoxy) is 2. The summed E-state index contributed by atoms with van der Waals surface area (Å²) in [6.07, 6.45) is 2.21. The molecule has 114 valence electrons. The first-order chi connectivity index (χ1) is 10.1. The van der Waals surface area contributed by atoms with E-state index in [1.165, 1.54) is 7.11 Å². The smallest absolute Gasteiger partial charge is 0.337 e. The fourth-order valence-electron chi connectivity index (χ4n) is 2.28. The van der Waals surface area contributed by atoms with E-state index in [4.69, 9.17) is 9.47 Å². The fourth-order valence-corrected chi connectivity index (χ4v) is 2.28. The van der Waals surface area contributed by atoms with Crippen molar-refractivity contribution in [1.82, 2.24) is 4.90 Å². The molecule has 1 saturated carbocycles. The zero-order chi connectivity index (χ0) is 15.2. The molecule has 0 spiro atoms. The molecule has 0 unspecified atom stereocenters. The highest BCUT2D eigenvalue weighted by Gasteiger charge is 2.30. The average Bonchev–Trinajstić information content (AvgIpc) is 3.31. The van der Waals surface area contributed by atoms with Crippen molar-refractivity contribution in [3.8, 4) is 0 Å². The number of carbonyl (C=O) groups is 2. The van der Waals surface area contributed by atoms with Crippen LogP contribution in [0.25, 0.3) is 0 Å².